The van der Waals surface area contributed by atoms with Crippen LogP contribution >= 0.6 is 0 Å². The number of para-hydroxylation sites is 3. The van der Waals surface area contributed by atoms with Crippen LogP contribution in [0.4, 0.5) is 0 Å². The molecule has 0 amide bonds. The molecule has 0 fully saturated rings. The van der Waals surface area contributed by atoms with Crippen LogP contribution in [0.5, 0.6) is 0 Å². The zero-order chi connectivity index (χ0) is 37.0. The van der Waals surface area contributed by atoms with E-state index in [2.05, 4.69) is 132 Å². The molecule has 262 valence electrons. The second-order valence-electron chi connectivity index (χ2n) is 14.0. The molecule has 0 aliphatic carbocycles. The van der Waals surface area contributed by atoms with Crippen LogP contribution in [0.25, 0.3) is 106 Å². The van der Waals surface area contributed by atoms with Crippen molar-refractivity contribution in [1.29, 1.82) is 0 Å². The normalized spacial score (nSPS) is 11.6. The minimum Gasteiger partial charge on any atom is -0.456 e. The Morgan fingerprint density at radius 2 is 0.839 bits per heavy atom. The van der Waals surface area contributed by atoms with Gasteiger partial charge in [0.1, 0.15) is 11.2 Å². The lowest BCUT2D eigenvalue weighted by Crippen LogP contribution is -2.00. The first-order valence-corrected chi connectivity index (χ1v) is 18.8. The first-order chi connectivity index (χ1) is 27.8. The van der Waals surface area contributed by atoms with E-state index >= 15 is 0 Å². The fourth-order valence-electron chi connectivity index (χ4n) is 8.05. The molecule has 0 saturated heterocycles. The highest BCUT2D eigenvalue weighted by Crippen LogP contribution is 2.41. The van der Waals surface area contributed by atoms with Crippen molar-refractivity contribution < 1.29 is 4.42 Å². The highest BCUT2D eigenvalue weighted by atomic mass is 16.3. The summed E-state index contributed by atoms with van der Waals surface area (Å²) in [5.41, 5.74) is 12.4. The molecular weight excluding hydrogens is 685 g/mol. The van der Waals surface area contributed by atoms with Gasteiger partial charge in [0, 0.05) is 49.4 Å². The summed E-state index contributed by atoms with van der Waals surface area (Å²) < 4.78 is 9.11. The molecule has 5 nitrogen and oxygen atoms in total. The average Bonchev–Trinajstić information content (AvgIpc) is 3.82. The first kappa shape index (κ1) is 31.9. The van der Waals surface area contributed by atoms with Gasteiger partial charge in [0.25, 0.3) is 0 Å². The maximum Gasteiger partial charge on any atom is 0.164 e. The molecule has 0 atom stereocenters. The van der Waals surface area contributed by atoms with Crippen LogP contribution in [0.2, 0.25) is 0 Å². The van der Waals surface area contributed by atoms with E-state index in [1.54, 1.807) is 0 Å². The SMILES string of the molecule is c1ccc(-c2nc(-c3ccccc3)nc(-c3ccc4c(c3)oc3cc(-c5ccccc5-n5c6ccccc6c6cccc(-c7ccccc7)c65)ccc34)n2)cc1. The van der Waals surface area contributed by atoms with E-state index < -0.39 is 0 Å². The van der Waals surface area contributed by atoms with Gasteiger partial charge in [0.05, 0.1) is 16.7 Å². The Balaban J connectivity index is 1.05. The van der Waals surface area contributed by atoms with Crippen LogP contribution in [0.1, 0.15) is 0 Å². The third-order valence-corrected chi connectivity index (χ3v) is 10.7. The summed E-state index contributed by atoms with van der Waals surface area (Å²) in [6, 6.07) is 67.5. The number of benzene rings is 8. The Kier molecular flexibility index (Phi) is 7.42. The van der Waals surface area contributed by atoms with E-state index in [1.807, 2.05) is 66.7 Å². The lowest BCUT2D eigenvalue weighted by atomic mass is 10.00. The Labute approximate surface area is 322 Å². The fourth-order valence-corrected chi connectivity index (χ4v) is 8.05. The van der Waals surface area contributed by atoms with Crippen molar-refractivity contribution in [3.8, 4) is 62.1 Å². The van der Waals surface area contributed by atoms with E-state index in [-0.39, 0.29) is 0 Å². The van der Waals surface area contributed by atoms with Crippen LogP contribution in [0.3, 0.4) is 0 Å². The Hall–Kier alpha value is -7.63. The van der Waals surface area contributed by atoms with Gasteiger partial charge in [-0.2, -0.15) is 0 Å². The maximum atomic E-state index is 6.68. The monoisotopic (exact) mass is 716 g/mol. The smallest absolute Gasteiger partial charge is 0.164 e. The minimum atomic E-state index is 0.593. The first-order valence-electron chi connectivity index (χ1n) is 18.8. The number of hydrogen-bond acceptors (Lipinski definition) is 4. The molecule has 0 spiro atoms. The van der Waals surface area contributed by atoms with Gasteiger partial charge in [0.15, 0.2) is 17.5 Å². The van der Waals surface area contributed by atoms with Crippen molar-refractivity contribution in [1.82, 2.24) is 19.5 Å². The number of aromatic nitrogens is 4. The number of rotatable bonds is 6. The minimum absolute atomic E-state index is 0.593. The molecule has 0 N–H and O–H groups in total. The second-order valence-corrected chi connectivity index (χ2v) is 14.0. The van der Waals surface area contributed by atoms with Crippen LogP contribution in [0.15, 0.2) is 199 Å². The molecule has 0 aliphatic heterocycles. The fraction of sp³-hybridized carbons (Fsp3) is 0. The molecule has 11 rings (SSSR count). The van der Waals surface area contributed by atoms with Crippen LogP contribution < -0.4 is 0 Å². The molecule has 0 aliphatic rings. The summed E-state index contributed by atoms with van der Waals surface area (Å²) in [5, 5.41) is 4.55. The second kappa shape index (κ2) is 13.0. The molecule has 3 heterocycles. The molecule has 0 saturated carbocycles. The number of fused-ring (bicyclic) bond motifs is 6. The average molecular weight is 717 g/mol. The summed E-state index contributed by atoms with van der Waals surface area (Å²) in [6.07, 6.45) is 0. The van der Waals surface area contributed by atoms with Crippen LogP contribution in [-0.2, 0) is 0 Å². The number of furan rings is 1. The van der Waals surface area contributed by atoms with Gasteiger partial charge >= 0.3 is 0 Å². The molecule has 11 aromatic rings. The summed E-state index contributed by atoms with van der Waals surface area (Å²) in [4.78, 5) is 14.8. The predicted octanol–water partition coefficient (Wildman–Crippen LogP) is 13.2. The van der Waals surface area contributed by atoms with E-state index in [0.29, 0.717) is 17.5 Å². The van der Waals surface area contributed by atoms with Crippen molar-refractivity contribution in [2.24, 2.45) is 0 Å². The Morgan fingerprint density at radius 1 is 0.339 bits per heavy atom. The molecular formula is C51H32N4O. The molecule has 3 aromatic heterocycles. The standard InChI is InChI=1S/C51H32N4O/c1-4-15-33(16-5-1)39-23-14-24-43-40-22-11-13-26-45(40)55(48(39)43)44-25-12-10-21-38(44)36-27-29-41-42-30-28-37(32-47(42)56-46(41)31-36)51-53-49(34-17-6-2-7-18-34)52-50(54-51)35-19-8-3-9-20-35/h1-32H. The van der Waals surface area contributed by atoms with E-state index in [9.17, 15) is 0 Å². The number of hydrogen-bond donors (Lipinski definition) is 0. The van der Waals surface area contributed by atoms with Crippen molar-refractivity contribution in [2.75, 3.05) is 0 Å². The molecule has 56 heavy (non-hydrogen) atoms. The van der Waals surface area contributed by atoms with Gasteiger partial charge in [-0.05, 0) is 47.5 Å². The number of nitrogens with zero attached hydrogens (tertiary/aromatic N) is 4. The summed E-state index contributed by atoms with van der Waals surface area (Å²) in [5.74, 6) is 1.85. The molecule has 0 unspecified atom stereocenters. The highest BCUT2D eigenvalue weighted by molar-refractivity contribution is 6.14. The van der Waals surface area contributed by atoms with Gasteiger partial charge in [0.2, 0.25) is 0 Å². The van der Waals surface area contributed by atoms with Gasteiger partial charge in [-0.15, -0.1) is 0 Å². The van der Waals surface area contributed by atoms with E-state index in [1.165, 1.54) is 32.9 Å². The quantitative estimate of drug-likeness (QED) is 0.172. The van der Waals surface area contributed by atoms with Crippen LogP contribution in [0, 0.1) is 0 Å². The third-order valence-electron chi connectivity index (χ3n) is 10.7. The zero-order valence-electron chi connectivity index (χ0n) is 30.2. The van der Waals surface area contributed by atoms with E-state index in [4.69, 9.17) is 19.4 Å². The molecule has 0 bridgehead atoms. The molecule has 0 radical (unpaired) electrons. The van der Waals surface area contributed by atoms with Crippen molar-refractivity contribution in [3.05, 3.63) is 194 Å². The van der Waals surface area contributed by atoms with Gasteiger partial charge in [-0.1, -0.05) is 158 Å². The zero-order valence-corrected chi connectivity index (χ0v) is 30.2. The predicted molar refractivity (Wildman–Crippen MR) is 229 cm³/mol. The summed E-state index contributed by atoms with van der Waals surface area (Å²) >= 11 is 0. The topological polar surface area (TPSA) is 56.7 Å². The lowest BCUT2D eigenvalue weighted by molar-refractivity contribution is 0.669. The van der Waals surface area contributed by atoms with E-state index in [0.717, 1.165) is 55.4 Å². The molecule has 8 aromatic carbocycles. The summed E-state index contributed by atoms with van der Waals surface area (Å²) in [7, 11) is 0. The maximum absolute atomic E-state index is 6.68. The highest BCUT2D eigenvalue weighted by Gasteiger charge is 2.20. The van der Waals surface area contributed by atoms with Gasteiger partial charge in [-0.25, -0.2) is 15.0 Å². The van der Waals surface area contributed by atoms with Crippen molar-refractivity contribution in [3.63, 3.8) is 0 Å². The Morgan fingerprint density at radius 3 is 1.52 bits per heavy atom. The lowest BCUT2D eigenvalue weighted by Gasteiger charge is -2.16. The summed E-state index contributed by atoms with van der Waals surface area (Å²) in [6.45, 7) is 0. The van der Waals surface area contributed by atoms with Crippen molar-refractivity contribution >= 4 is 43.7 Å². The van der Waals surface area contributed by atoms with Crippen molar-refractivity contribution in [2.45, 2.75) is 0 Å². The van der Waals surface area contributed by atoms with Gasteiger partial charge in [-0.3, -0.25) is 0 Å². The van der Waals surface area contributed by atoms with Crippen LogP contribution in [-0.4, -0.2) is 19.5 Å². The Bertz CT molecular complexity index is 3180. The third kappa shape index (κ3) is 5.29. The van der Waals surface area contributed by atoms with Gasteiger partial charge < -0.3 is 8.98 Å². The largest absolute Gasteiger partial charge is 0.456 e. The molecule has 5 heteroatoms.